The molecule has 3 heteroatoms. The van der Waals surface area contributed by atoms with Gasteiger partial charge in [0.2, 0.25) is 0 Å². The second-order valence-electron chi connectivity index (χ2n) is 4.39. The summed E-state index contributed by atoms with van der Waals surface area (Å²) in [6.07, 6.45) is 3.57. The van der Waals surface area contributed by atoms with Crippen LogP contribution >= 0.6 is 0 Å². The standard InChI is InChI=1S/C15H8BNO/c16-10-3-1-9-2-4-14-15(11(9)7-10)12-8-17-6-5-13(12)18-14/h1-8H. The summed E-state index contributed by atoms with van der Waals surface area (Å²) in [7, 11) is 5.88. The van der Waals surface area contributed by atoms with E-state index < -0.39 is 0 Å². The number of hydrogen-bond acceptors (Lipinski definition) is 2. The van der Waals surface area contributed by atoms with Crippen LogP contribution in [-0.2, 0) is 0 Å². The molecule has 0 bridgehead atoms. The van der Waals surface area contributed by atoms with Crippen molar-refractivity contribution in [3.05, 3.63) is 48.8 Å². The Morgan fingerprint density at radius 3 is 2.78 bits per heavy atom. The average Bonchev–Trinajstić information content (AvgIpc) is 2.77. The van der Waals surface area contributed by atoms with Gasteiger partial charge in [0.1, 0.15) is 19.0 Å². The van der Waals surface area contributed by atoms with Crippen molar-refractivity contribution in [2.45, 2.75) is 0 Å². The molecule has 0 unspecified atom stereocenters. The van der Waals surface area contributed by atoms with Gasteiger partial charge in [-0.25, -0.2) is 0 Å². The van der Waals surface area contributed by atoms with Crippen LogP contribution in [0, 0.1) is 0 Å². The first-order chi connectivity index (χ1) is 8.83. The van der Waals surface area contributed by atoms with Gasteiger partial charge in [0, 0.05) is 23.2 Å². The fourth-order valence-corrected chi connectivity index (χ4v) is 2.46. The van der Waals surface area contributed by atoms with Gasteiger partial charge in [-0.15, -0.1) is 0 Å². The fraction of sp³-hybridized carbons (Fsp3) is 0. The molecule has 0 N–H and O–H groups in total. The zero-order valence-corrected chi connectivity index (χ0v) is 9.55. The van der Waals surface area contributed by atoms with Gasteiger partial charge in [0.25, 0.3) is 0 Å². The third-order valence-corrected chi connectivity index (χ3v) is 3.28. The molecule has 2 nitrogen and oxygen atoms in total. The minimum atomic E-state index is 0.758. The Labute approximate surface area is 105 Å². The molecule has 0 spiro atoms. The fourth-order valence-electron chi connectivity index (χ4n) is 2.46. The molecule has 2 aromatic carbocycles. The first-order valence-corrected chi connectivity index (χ1v) is 5.77. The summed E-state index contributed by atoms with van der Waals surface area (Å²) < 4.78 is 5.82. The van der Waals surface area contributed by atoms with E-state index in [9.17, 15) is 0 Å². The number of rotatable bonds is 0. The van der Waals surface area contributed by atoms with Crippen LogP contribution in [-0.4, -0.2) is 12.8 Å². The lowest BCUT2D eigenvalue weighted by Crippen LogP contribution is -1.99. The lowest BCUT2D eigenvalue weighted by atomic mass is 9.92. The van der Waals surface area contributed by atoms with Crippen LogP contribution in [0.3, 0.4) is 0 Å². The summed E-state index contributed by atoms with van der Waals surface area (Å²) in [5.74, 6) is 0. The Hall–Kier alpha value is -2.29. The molecule has 0 aliphatic rings. The van der Waals surface area contributed by atoms with E-state index in [1.165, 1.54) is 0 Å². The summed E-state index contributed by atoms with van der Waals surface area (Å²) in [4.78, 5) is 4.17. The molecule has 0 amide bonds. The third-order valence-electron chi connectivity index (χ3n) is 3.28. The van der Waals surface area contributed by atoms with Crippen molar-refractivity contribution < 1.29 is 4.42 Å². The molecular weight excluding hydrogens is 221 g/mol. The van der Waals surface area contributed by atoms with Gasteiger partial charge in [-0.2, -0.15) is 0 Å². The first kappa shape index (κ1) is 9.72. The van der Waals surface area contributed by atoms with Crippen LogP contribution in [0.5, 0.6) is 0 Å². The number of hydrogen-bond donors (Lipinski definition) is 0. The molecule has 82 valence electrons. The van der Waals surface area contributed by atoms with Gasteiger partial charge in [-0.1, -0.05) is 29.7 Å². The Balaban J connectivity index is 2.35. The van der Waals surface area contributed by atoms with Crippen LogP contribution < -0.4 is 5.46 Å². The van der Waals surface area contributed by atoms with E-state index in [1.807, 2.05) is 42.6 Å². The first-order valence-electron chi connectivity index (χ1n) is 5.77. The minimum Gasteiger partial charge on any atom is -0.456 e. The quantitative estimate of drug-likeness (QED) is 0.433. The summed E-state index contributed by atoms with van der Waals surface area (Å²) in [5, 5.41) is 4.38. The van der Waals surface area contributed by atoms with Crippen LogP contribution in [0.4, 0.5) is 0 Å². The molecule has 4 rings (SSSR count). The maximum Gasteiger partial charge on any atom is 0.138 e. The van der Waals surface area contributed by atoms with E-state index in [0.29, 0.717) is 0 Å². The lowest BCUT2D eigenvalue weighted by molar-refractivity contribution is 0.669. The van der Waals surface area contributed by atoms with Gasteiger partial charge in [0.05, 0.1) is 0 Å². The number of nitrogens with zero attached hydrogens (tertiary/aromatic N) is 1. The molecule has 18 heavy (non-hydrogen) atoms. The molecule has 2 heterocycles. The minimum absolute atomic E-state index is 0.758. The van der Waals surface area contributed by atoms with Crippen molar-refractivity contribution in [1.29, 1.82) is 0 Å². The normalized spacial score (nSPS) is 11.6. The van der Waals surface area contributed by atoms with Crippen molar-refractivity contribution in [3.8, 4) is 0 Å². The smallest absolute Gasteiger partial charge is 0.138 e. The topological polar surface area (TPSA) is 26.0 Å². The second-order valence-corrected chi connectivity index (χ2v) is 4.39. The molecule has 2 aromatic heterocycles. The van der Waals surface area contributed by atoms with E-state index in [1.54, 1.807) is 6.20 Å². The van der Waals surface area contributed by atoms with Crippen LogP contribution in [0.15, 0.2) is 53.2 Å². The van der Waals surface area contributed by atoms with Crippen LogP contribution in [0.1, 0.15) is 0 Å². The molecule has 0 saturated carbocycles. The SMILES string of the molecule is [B]c1ccc2ccc3oc4ccncc4c3c2c1. The highest BCUT2D eigenvalue weighted by Crippen LogP contribution is 2.33. The molecule has 2 radical (unpaired) electrons. The Morgan fingerprint density at radius 1 is 0.944 bits per heavy atom. The van der Waals surface area contributed by atoms with E-state index in [2.05, 4.69) is 4.98 Å². The maximum absolute atomic E-state index is 5.88. The average molecular weight is 229 g/mol. The van der Waals surface area contributed by atoms with Gasteiger partial charge in [-0.05, 0) is 22.9 Å². The molecule has 0 saturated heterocycles. The monoisotopic (exact) mass is 229 g/mol. The number of pyridine rings is 1. The van der Waals surface area contributed by atoms with Gasteiger partial charge in [-0.3, -0.25) is 4.98 Å². The molecule has 0 fully saturated rings. The predicted molar refractivity (Wildman–Crippen MR) is 74.4 cm³/mol. The van der Waals surface area contributed by atoms with Crippen molar-refractivity contribution in [3.63, 3.8) is 0 Å². The molecular formula is C15H8BNO. The number of benzene rings is 2. The molecule has 0 aliphatic carbocycles. The van der Waals surface area contributed by atoms with Crippen molar-refractivity contribution in [1.82, 2.24) is 4.98 Å². The maximum atomic E-state index is 5.88. The Kier molecular flexibility index (Phi) is 1.81. The predicted octanol–water partition coefficient (Wildman–Crippen LogP) is 2.93. The zero-order chi connectivity index (χ0) is 12.1. The van der Waals surface area contributed by atoms with E-state index in [4.69, 9.17) is 12.3 Å². The van der Waals surface area contributed by atoms with Crippen molar-refractivity contribution in [2.24, 2.45) is 0 Å². The van der Waals surface area contributed by atoms with Crippen molar-refractivity contribution in [2.75, 3.05) is 0 Å². The van der Waals surface area contributed by atoms with Crippen molar-refractivity contribution >= 4 is 46.0 Å². The summed E-state index contributed by atoms with van der Waals surface area (Å²) in [6, 6.07) is 11.8. The van der Waals surface area contributed by atoms with Crippen LogP contribution in [0.2, 0.25) is 0 Å². The highest BCUT2D eigenvalue weighted by atomic mass is 16.3. The molecule has 0 atom stereocenters. The molecule has 0 aliphatic heterocycles. The van der Waals surface area contributed by atoms with E-state index in [-0.39, 0.29) is 0 Å². The zero-order valence-electron chi connectivity index (χ0n) is 9.55. The van der Waals surface area contributed by atoms with E-state index in [0.717, 1.165) is 38.2 Å². The van der Waals surface area contributed by atoms with E-state index >= 15 is 0 Å². The largest absolute Gasteiger partial charge is 0.456 e. The van der Waals surface area contributed by atoms with Crippen LogP contribution in [0.25, 0.3) is 32.7 Å². The highest BCUT2D eigenvalue weighted by Gasteiger charge is 2.09. The number of furan rings is 1. The Morgan fingerprint density at radius 2 is 1.83 bits per heavy atom. The summed E-state index contributed by atoms with van der Waals surface area (Å²) >= 11 is 0. The van der Waals surface area contributed by atoms with Gasteiger partial charge < -0.3 is 4.42 Å². The number of aromatic nitrogens is 1. The van der Waals surface area contributed by atoms with Gasteiger partial charge in [0.15, 0.2) is 0 Å². The lowest BCUT2D eigenvalue weighted by Gasteiger charge is -2.01. The highest BCUT2D eigenvalue weighted by molar-refractivity contribution is 6.34. The third kappa shape index (κ3) is 1.22. The summed E-state index contributed by atoms with van der Waals surface area (Å²) in [6.45, 7) is 0. The summed E-state index contributed by atoms with van der Waals surface area (Å²) in [5.41, 5.74) is 2.49. The Bertz CT molecular complexity index is 895. The number of fused-ring (bicyclic) bond motifs is 5. The van der Waals surface area contributed by atoms with Gasteiger partial charge >= 0.3 is 0 Å². The second kappa shape index (κ2) is 3.36. The molecule has 4 aromatic rings.